The Morgan fingerprint density at radius 3 is 3.12 bits per heavy atom. The molecular formula is C11H16N4S. The van der Waals surface area contributed by atoms with E-state index in [1.807, 2.05) is 10.9 Å². The summed E-state index contributed by atoms with van der Waals surface area (Å²) in [6, 6.07) is 4.22. The van der Waals surface area contributed by atoms with Crippen molar-refractivity contribution in [1.82, 2.24) is 15.0 Å². The van der Waals surface area contributed by atoms with Gasteiger partial charge in [0.2, 0.25) is 0 Å². The van der Waals surface area contributed by atoms with Crippen molar-refractivity contribution in [3.8, 4) is 0 Å². The first-order chi connectivity index (χ1) is 7.79. The Morgan fingerprint density at radius 2 is 2.44 bits per heavy atom. The monoisotopic (exact) mass is 236 g/mol. The molecule has 0 bridgehead atoms. The molecule has 2 aromatic heterocycles. The Kier molecular flexibility index (Phi) is 3.69. The lowest BCUT2D eigenvalue weighted by atomic mass is 10.2. The highest BCUT2D eigenvalue weighted by atomic mass is 32.1. The van der Waals surface area contributed by atoms with Crippen molar-refractivity contribution in [3.63, 3.8) is 0 Å². The maximum Gasteiger partial charge on any atom is 0.0993 e. The Hall–Kier alpha value is -1.20. The second kappa shape index (κ2) is 5.23. The smallest absolute Gasteiger partial charge is 0.0993 e. The minimum atomic E-state index is 0.00971. The van der Waals surface area contributed by atoms with Crippen LogP contribution in [0.25, 0.3) is 0 Å². The molecule has 0 spiro atoms. The average molecular weight is 236 g/mol. The van der Waals surface area contributed by atoms with Crippen LogP contribution in [0.5, 0.6) is 0 Å². The van der Waals surface area contributed by atoms with Gasteiger partial charge in [-0.05, 0) is 17.9 Å². The molecule has 2 rings (SSSR count). The van der Waals surface area contributed by atoms with Crippen LogP contribution in [-0.2, 0) is 13.0 Å². The van der Waals surface area contributed by atoms with Crippen molar-refractivity contribution < 1.29 is 0 Å². The fourth-order valence-corrected chi connectivity index (χ4v) is 2.18. The number of rotatable bonds is 5. The van der Waals surface area contributed by atoms with Crippen LogP contribution in [0, 0.1) is 0 Å². The van der Waals surface area contributed by atoms with Crippen molar-refractivity contribution in [2.75, 3.05) is 0 Å². The number of hydrogen-bond donors (Lipinski definition) is 1. The zero-order chi connectivity index (χ0) is 11.4. The van der Waals surface area contributed by atoms with Crippen molar-refractivity contribution in [3.05, 3.63) is 34.3 Å². The molecule has 2 aromatic rings. The predicted molar refractivity (Wildman–Crippen MR) is 65.3 cm³/mol. The van der Waals surface area contributed by atoms with E-state index in [0.717, 1.165) is 25.1 Å². The average Bonchev–Trinajstić information content (AvgIpc) is 2.96. The zero-order valence-electron chi connectivity index (χ0n) is 9.34. The van der Waals surface area contributed by atoms with Gasteiger partial charge in [0.1, 0.15) is 0 Å². The second-order valence-electron chi connectivity index (χ2n) is 3.75. The number of aryl methyl sites for hydroxylation is 2. The van der Waals surface area contributed by atoms with E-state index >= 15 is 0 Å². The number of thiophene rings is 1. The van der Waals surface area contributed by atoms with E-state index in [1.165, 1.54) is 4.88 Å². The highest BCUT2D eigenvalue weighted by molar-refractivity contribution is 7.09. The van der Waals surface area contributed by atoms with Crippen LogP contribution >= 0.6 is 11.3 Å². The molecule has 5 heteroatoms. The predicted octanol–water partition coefficient (Wildman–Crippen LogP) is 1.99. The summed E-state index contributed by atoms with van der Waals surface area (Å²) in [5.74, 6) is 0. The molecule has 1 unspecified atom stereocenters. The van der Waals surface area contributed by atoms with Gasteiger partial charge in [0.15, 0.2) is 0 Å². The molecule has 0 saturated carbocycles. The molecule has 2 heterocycles. The summed E-state index contributed by atoms with van der Waals surface area (Å²) in [7, 11) is 0. The van der Waals surface area contributed by atoms with Crippen LogP contribution in [0.15, 0.2) is 23.7 Å². The summed E-state index contributed by atoms with van der Waals surface area (Å²) >= 11 is 1.77. The van der Waals surface area contributed by atoms with Gasteiger partial charge >= 0.3 is 0 Å². The third-order valence-electron chi connectivity index (χ3n) is 2.54. The van der Waals surface area contributed by atoms with Crippen LogP contribution in [-0.4, -0.2) is 15.0 Å². The van der Waals surface area contributed by atoms with E-state index < -0.39 is 0 Å². The molecular weight excluding hydrogens is 220 g/mol. The third-order valence-corrected chi connectivity index (χ3v) is 3.48. The molecule has 0 aromatic carbocycles. The Balaban J connectivity index is 1.93. The summed E-state index contributed by atoms with van der Waals surface area (Å²) in [4.78, 5) is 1.37. The highest BCUT2D eigenvalue weighted by Gasteiger charge is 2.08. The van der Waals surface area contributed by atoms with Crippen LogP contribution in [0.3, 0.4) is 0 Å². The minimum Gasteiger partial charge on any atom is -0.323 e. The van der Waals surface area contributed by atoms with E-state index in [9.17, 15) is 0 Å². The maximum absolute atomic E-state index is 5.88. The topological polar surface area (TPSA) is 56.7 Å². The Morgan fingerprint density at radius 1 is 1.56 bits per heavy atom. The molecule has 0 aliphatic heterocycles. The molecule has 16 heavy (non-hydrogen) atoms. The van der Waals surface area contributed by atoms with Crippen LogP contribution in [0.2, 0.25) is 0 Å². The fraction of sp³-hybridized carbons (Fsp3) is 0.455. The van der Waals surface area contributed by atoms with Crippen LogP contribution in [0.1, 0.15) is 30.0 Å². The first kappa shape index (κ1) is 11.3. The van der Waals surface area contributed by atoms with Gasteiger partial charge in [-0.2, -0.15) is 0 Å². The van der Waals surface area contributed by atoms with Crippen molar-refractivity contribution in [1.29, 1.82) is 0 Å². The SMILES string of the molecule is CCC(N)c1cn(CCc2cccs2)nn1. The van der Waals surface area contributed by atoms with Crippen LogP contribution in [0.4, 0.5) is 0 Å². The van der Waals surface area contributed by atoms with Gasteiger partial charge in [-0.15, -0.1) is 16.4 Å². The molecule has 4 nitrogen and oxygen atoms in total. The van der Waals surface area contributed by atoms with Gasteiger partial charge in [-0.1, -0.05) is 18.2 Å². The first-order valence-corrected chi connectivity index (χ1v) is 6.35. The molecule has 0 amide bonds. The zero-order valence-corrected chi connectivity index (χ0v) is 10.2. The summed E-state index contributed by atoms with van der Waals surface area (Å²) in [5, 5.41) is 10.2. The summed E-state index contributed by atoms with van der Waals surface area (Å²) in [5.41, 5.74) is 6.77. The van der Waals surface area contributed by atoms with Gasteiger partial charge in [0.05, 0.1) is 17.9 Å². The molecule has 0 fully saturated rings. The van der Waals surface area contributed by atoms with Gasteiger partial charge in [-0.3, -0.25) is 4.68 Å². The first-order valence-electron chi connectivity index (χ1n) is 5.47. The quantitative estimate of drug-likeness (QED) is 0.863. The van der Waals surface area contributed by atoms with Crippen molar-refractivity contribution in [2.24, 2.45) is 5.73 Å². The fourth-order valence-electron chi connectivity index (χ4n) is 1.48. The summed E-state index contributed by atoms with van der Waals surface area (Å²) in [6.45, 7) is 2.92. The van der Waals surface area contributed by atoms with E-state index in [1.54, 1.807) is 11.3 Å². The van der Waals surface area contributed by atoms with Gasteiger partial charge in [0, 0.05) is 17.8 Å². The van der Waals surface area contributed by atoms with Gasteiger partial charge in [0.25, 0.3) is 0 Å². The summed E-state index contributed by atoms with van der Waals surface area (Å²) in [6.07, 6.45) is 3.84. The molecule has 1 atom stereocenters. The number of hydrogen-bond acceptors (Lipinski definition) is 4. The van der Waals surface area contributed by atoms with Crippen molar-refractivity contribution in [2.45, 2.75) is 32.4 Å². The van der Waals surface area contributed by atoms with E-state index in [0.29, 0.717) is 0 Å². The number of aromatic nitrogens is 3. The largest absolute Gasteiger partial charge is 0.323 e. The minimum absolute atomic E-state index is 0.00971. The van der Waals surface area contributed by atoms with Gasteiger partial charge in [-0.25, -0.2) is 0 Å². The normalized spacial score (nSPS) is 12.9. The molecule has 0 aliphatic carbocycles. The summed E-state index contributed by atoms with van der Waals surface area (Å²) < 4.78 is 1.87. The number of nitrogens with two attached hydrogens (primary N) is 1. The Labute approximate surface area is 99.1 Å². The van der Waals surface area contributed by atoms with E-state index in [2.05, 4.69) is 34.7 Å². The molecule has 2 N–H and O–H groups in total. The highest BCUT2D eigenvalue weighted by Crippen LogP contribution is 2.12. The molecule has 0 aliphatic rings. The van der Waals surface area contributed by atoms with Crippen molar-refractivity contribution >= 4 is 11.3 Å². The lowest BCUT2D eigenvalue weighted by molar-refractivity contribution is 0.591. The maximum atomic E-state index is 5.88. The lowest BCUT2D eigenvalue weighted by Crippen LogP contribution is -2.08. The molecule has 0 radical (unpaired) electrons. The third kappa shape index (κ3) is 2.68. The Bertz CT molecular complexity index is 421. The van der Waals surface area contributed by atoms with Crippen LogP contribution < -0.4 is 5.73 Å². The molecule has 86 valence electrons. The standard InChI is InChI=1S/C11H16N4S/c1-2-10(12)11-8-15(14-13-11)6-5-9-4-3-7-16-9/h3-4,7-8,10H,2,5-6,12H2,1H3. The number of nitrogens with zero attached hydrogens (tertiary/aromatic N) is 3. The van der Waals surface area contributed by atoms with E-state index in [4.69, 9.17) is 5.73 Å². The lowest BCUT2D eigenvalue weighted by Gasteiger charge is -2.01. The second-order valence-corrected chi connectivity index (χ2v) is 4.78. The van der Waals surface area contributed by atoms with Gasteiger partial charge < -0.3 is 5.73 Å². The van der Waals surface area contributed by atoms with E-state index in [-0.39, 0.29) is 6.04 Å². The molecule has 0 saturated heterocycles.